The summed E-state index contributed by atoms with van der Waals surface area (Å²) in [6.07, 6.45) is 6.86. The maximum absolute atomic E-state index is 10.9. The fourth-order valence-electron chi connectivity index (χ4n) is 0.401. The zero-order valence-corrected chi connectivity index (χ0v) is 8.77. The molecule has 0 bridgehead atoms. The van der Waals surface area contributed by atoms with Gasteiger partial charge in [-0.15, -0.1) is 6.42 Å². The Kier molecular flexibility index (Phi) is 5.13. The topological polar surface area (TPSA) is 61.8 Å². The van der Waals surface area contributed by atoms with Gasteiger partial charge in [-0.05, 0) is 13.8 Å². The highest BCUT2D eigenvalue weighted by Gasteiger charge is 2.17. The molecule has 0 unspecified atom stereocenters. The fraction of sp³-hybridized carbons (Fsp3) is 0.400. The third-order valence-electron chi connectivity index (χ3n) is 1.24. The first-order valence-electron chi connectivity index (χ1n) is 4.04. The van der Waals surface area contributed by atoms with Crippen LogP contribution in [0.1, 0.15) is 13.8 Å². The van der Waals surface area contributed by atoms with Gasteiger partial charge in [-0.25, -0.2) is 9.59 Å². The minimum Gasteiger partial charge on any atom is -0.466 e. The minimum atomic E-state index is -1.01. The lowest BCUT2D eigenvalue weighted by molar-refractivity contribution is -0.306. The molecular formula is C10H12O5. The van der Waals surface area contributed by atoms with Crippen LogP contribution in [0.2, 0.25) is 0 Å². The highest BCUT2D eigenvalue weighted by molar-refractivity contribution is 5.91. The van der Waals surface area contributed by atoms with E-state index in [0.717, 1.165) is 12.2 Å². The molecule has 0 saturated heterocycles. The summed E-state index contributed by atoms with van der Waals surface area (Å²) >= 11 is 0. The van der Waals surface area contributed by atoms with E-state index in [1.165, 1.54) is 7.11 Å². The number of terminal acetylenes is 1. The molecule has 0 amide bonds. The van der Waals surface area contributed by atoms with E-state index in [4.69, 9.17) is 6.42 Å². The van der Waals surface area contributed by atoms with Crippen LogP contribution in [0, 0.1) is 12.3 Å². The Hall–Kier alpha value is -1.80. The Morgan fingerprint density at radius 2 is 1.80 bits per heavy atom. The van der Waals surface area contributed by atoms with Crippen molar-refractivity contribution in [3.8, 4) is 12.3 Å². The lowest BCUT2D eigenvalue weighted by atomic mass is 10.2. The van der Waals surface area contributed by atoms with Crippen molar-refractivity contribution in [1.29, 1.82) is 0 Å². The van der Waals surface area contributed by atoms with E-state index in [-0.39, 0.29) is 0 Å². The molecule has 82 valence electrons. The molecule has 0 rings (SSSR count). The van der Waals surface area contributed by atoms with Gasteiger partial charge in [0, 0.05) is 12.2 Å². The monoisotopic (exact) mass is 212 g/mol. The molecule has 0 aliphatic rings. The molecule has 0 atom stereocenters. The lowest BCUT2D eigenvalue weighted by Gasteiger charge is -2.14. The van der Waals surface area contributed by atoms with Gasteiger partial charge in [-0.2, -0.15) is 4.89 Å². The summed E-state index contributed by atoms with van der Waals surface area (Å²) in [6.45, 7) is 3.09. The summed E-state index contributed by atoms with van der Waals surface area (Å²) in [4.78, 5) is 30.4. The van der Waals surface area contributed by atoms with Crippen LogP contribution in [0.15, 0.2) is 12.2 Å². The van der Waals surface area contributed by atoms with Crippen LogP contribution in [0.25, 0.3) is 0 Å². The van der Waals surface area contributed by atoms with Crippen molar-refractivity contribution < 1.29 is 24.1 Å². The van der Waals surface area contributed by atoms with Crippen LogP contribution < -0.4 is 0 Å². The Balaban J connectivity index is 4.03. The molecule has 0 aromatic heterocycles. The molecule has 5 nitrogen and oxygen atoms in total. The van der Waals surface area contributed by atoms with Gasteiger partial charge in [-0.1, -0.05) is 5.92 Å². The molecular weight excluding hydrogens is 200 g/mol. The van der Waals surface area contributed by atoms with Gasteiger partial charge in [-0.3, -0.25) is 4.89 Å². The number of hydrogen-bond donors (Lipinski definition) is 0. The summed E-state index contributed by atoms with van der Waals surface area (Å²) in [7, 11) is 1.19. The van der Waals surface area contributed by atoms with Crippen LogP contribution in [0.4, 0.5) is 0 Å². The summed E-state index contributed by atoms with van der Waals surface area (Å²) < 4.78 is 4.26. The Labute approximate surface area is 87.9 Å². The van der Waals surface area contributed by atoms with Gasteiger partial charge in [0.05, 0.1) is 7.11 Å². The molecule has 15 heavy (non-hydrogen) atoms. The second kappa shape index (κ2) is 5.83. The van der Waals surface area contributed by atoms with Gasteiger partial charge in [0.2, 0.25) is 0 Å². The molecule has 0 saturated carbocycles. The number of carbonyl (C=O) groups excluding carboxylic acids is 2. The van der Waals surface area contributed by atoms with Crippen LogP contribution in [-0.4, -0.2) is 24.6 Å². The summed E-state index contributed by atoms with van der Waals surface area (Å²) in [5, 5.41) is 0. The number of hydrogen-bond acceptors (Lipinski definition) is 5. The third kappa shape index (κ3) is 6.29. The number of rotatable bonds is 4. The van der Waals surface area contributed by atoms with Crippen molar-refractivity contribution >= 4 is 11.9 Å². The third-order valence-corrected chi connectivity index (χ3v) is 1.24. The molecule has 0 N–H and O–H groups in total. The Bertz CT molecular complexity index is 308. The summed E-state index contributed by atoms with van der Waals surface area (Å²) in [6, 6.07) is 0. The number of esters is 1. The molecule has 0 aromatic carbocycles. The Morgan fingerprint density at radius 1 is 1.27 bits per heavy atom. The molecule has 0 fully saturated rings. The largest absolute Gasteiger partial charge is 0.466 e. The van der Waals surface area contributed by atoms with E-state index in [1.54, 1.807) is 13.8 Å². The van der Waals surface area contributed by atoms with Gasteiger partial charge in [0.25, 0.3) is 0 Å². The van der Waals surface area contributed by atoms with Crippen molar-refractivity contribution in [3.05, 3.63) is 12.2 Å². The summed E-state index contributed by atoms with van der Waals surface area (Å²) in [5.74, 6) is 0.750. The van der Waals surface area contributed by atoms with Crippen LogP contribution >= 0.6 is 0 Å². The first-order chi connectivity index (χ1) is 6.91. The van der Waals surface area contributed by atoms with Crippen molar-refractivity contribution in [2.75, 3.05) is 7.11 Å². The van der Waals surface area contributed by atoms with Gasteiger partial charge in [0.1, 0.15) is 0 Å². The fourth-order valence-corrected chi connectivity index (χ4v) is 0.401. The summed E-state index contributed by atoms with van der Waals surface area (Å²) in [5.41, 5.74) is -1.01. The first-order valence-corrected chi connectivity index (χ1v) is 4.04. The van der Waals surface area contributed by atoms with Gasteiger partial charge < -0.3 is 4.74 Å². The Morgan fingerprint density at radius 3 is 2.27 bits per heavy atom. The quantitative estimate of drug-likeness (QED) is 0.224. The maximum atomic E-state index is 10.9. The van der Waals surface area contributed by atoms with Crippen LogP contribution in [0.5, 0.6) is 0 Å². The van der Waals surface area contributed by atoms with Gasteiger partial charge >= 0.3 is 11.9 Å². The average Bonchev–Trinajstić information content (AvgIpc) is 2.23. The van der Waals surface area contributed by atoms with Gasteiger partial charge in [0.15, 0.2) is 5.60 Å². The predicted octanol–water partition coefficient (Wildman–Crippen LogP) is 0.602. The predicted molar refractivity (Wildman–Crippen MR) is 51.2 cm³/mol. The molecule has 5 heteroatoms. The number of ether oxygens (including phenoxy) is 1. The van der Waals surface area contributed by atoms with Crippen LogP contribution in [-0.2, 0) is 24.1 Å². The number of methoxy groups -OCH3 is 1. The van der Waals surface area contributed by atoms with Crippen molar-refractivity contribution in [3.63, 3.8) is 0 Å². The van der Waals surface area contributed by atoms with Crippen LogP contribution in [0.3, 0.4) is 0 Å². The first kappa shape index (κ1) is 13.2. The zero-order chi connectivity index (χ0) is 11.9. The van der Waals surface area contributed by atoms with E-state index in [9.17, 15) is 9.59 Å². The molecule has 0 aliphatic carbocycles. The molecule has 0 aliphatic heterocycles. The highest BCUT2D eigenvalue weighted by Crippen LogP contribution is 2.07. The van der Waals surface area contributed by atoms with E-state index >= 15 is 0 Å². The number of carbonyl (C=O) groups is 2. The highest BCUT2D eigenvalue weighted by atomic mass is 17.2. The second-order valence-electron chi connectivity index (χ2n) is 3.00. The van der Waals surface area contributed by atoms with Crippen molar-refractivity contribution in [2.45, 2.75) is 19.4 Å². The van der Waals surface area contributed by atoms with E-state index < -0.39 is 17.5 Å². The molecule has 0 aromatic rings. The van der Waals surface area contributed by atoms with Crippen molar-refractivity contribution in [2.24, 2.45) is 0 Å². The van der Waals surface area contributed by atoms with E-state index in [2.05, 4.69) is 20.4 Å². The molecule has 0 heterocycles. The maximum Gasteiger partial charge on any atom is 0.366 e. The molecule has 0 spiro atoms. The normalized spacial score (nSPS) is 10.8. The standard InChI is InChI=1S/C10H12O5/c1-5-10(2,3)15-14-9(12)7-6-8(11)13-4/h1,6-7H,2-4H3/b7-6+. The second-order valence-corrected chi connectivity index (χ2v) is 3.00. The zero-order valence-electron chi connectivity index (χ0n) is 8.77. The average molecular weight is 212 g/mol. The molecule has 0 radical (unpaired) electrons. The van der Waals surface area contributed by atoms with E-state index in [0.29, 0.717) is 0 Å². The minimum absolute atomic E-state index is 0.664. The van der Waals surface area contributed by atoms with E-state index in [1.807, 2.05) is 0 Å². The van der Waals surface area contributed by atoms with Crippen molar-refractivity contribution in [1.82, 2.24) is 0 Å². The lowest BCUT2D eigenvalue weighted by Crippen LogP contribution is -2.23. The smallest absolute Gasteiger partial charge is 0.366 e. The SMILES string of the molecule is C#CC(C)(C)OOC(=O)/C=C/C(=O)OC.